The Morgan fingerprint density at radius 1 is 1.80 bits per heavy atom. The van der Waals surface area contributed by atoms with Crippen LogP contribution in [0.25, 0.3) is 0 Å². The second-order valence-electron chi connectivity index (χ2n) is 2.51. The zero-order chi connectivity index (χ0) is 7.56. The highest BCUT2D eigenvalue weighted by Crippen LogP contribution is 2.15. The van der Waals surface area contributed by atoms with Gasteiger partial charge >= 0.3 is 0 Å². The van der Waals surface area contributed by atoms with Gasteiger partial charge in [0.05, 0.1) is 6.04 Å². The molecule has 1 saturated heterocycles. The Bertz CT molecular complexity index is 158. The third-order valence-corrected chi connectivity index (χ3v) is 1.92. The molecule has 56 valence electrons. The van der Waals surface area contributed by atoms with Crippen molar-refractivity contribution < 1.29 is 4.79 Å². The van der Waals surface area contributed by atoms with E-state index < -0.39 is 0 Å². The lowest BCUT2D eigenvalue weighted by atomic mass is 10.2. The number of nitroso groups, excluding NO2 is 1. The molecular formula is C6H10N2O2. The molecule has 0 radical (unpaired) electrons. The molecule has 10 heavy (non-hydrogen) atoms. The molecule has 0 aromatic carbocycles. The van der Waals surface area contributed by atoms with E-state index in [1.807, 2.05) is 0 Å². The lowest BCUT2D eigenvalue weighted by Gasteiger charge is -2.15. The lowest BCUT2D eigenvalue weighted by molar-refractivity contribution is -0.127. The molecule has 0 aromatic heterocycles. The normalized spacial score (nSPS) is 25.5. The summed E-state index contributed by atoms with van der Waals surface area (Å²) in [4.78, 5) is 22.3. The van der Waals surface area contributed by atoms with E-state index in [1.165, 1.54) is 0 Å². The molecule has 1 rings (SSSR count). The fourth-order valence-corrected chi connectivity index (χ4v) is 1.16. The summed E-state index contributed by atoms with van der Waals surface area (Å²) < 4.78 is 0. The van der Waals surface area contributed by atoms with Gasteiger partial charge in [0.1, 0.15) is 6.54 Å². The molecule has 0 N–H and O–H groups in total. The first-order valence-electron chi connectivity index (χ1n) is 3.30. The fraction of sp³-hybridized carbons (Fsp3) is 0.833. The predicted molar refractivity (Wildman–Crippen MR) is 36.5 cm³/mol. The lowest BCUT2D eigenvalue weighted by Crippen LogP contribution is -2.30. The quantitative estimate of drug-likeness (QED) is 0.523. The van der Waals surface area contributed by atoms with Crippen molar-refractivity contribution in [1.29, 1.82) is 0 Å². The van der Waals surface area contributed by atoms with Gasteiger partial charge < -0.3 is 4.90 Å². The van der Waals surface area contributed by atoms with Crippen LogP contribution in [0.1, 0.15) is 12.8 Å². The van der Waals surface area contributed by atoms with E-state index in [1.54, 1.807) is 11.9 Å². The Morgan fingerprint density at radius 3 is 2.90 bits per heavy atom. The molecule has 1 heterocycles. The molecule has 1 aliphatic heterocycles. The first-order valence-corrected chi connectivity index (χ1v) is 3.30. The van der Waals surface area contributed by atoms with Crippen molar-refractivity contribution in [2.75, 3.05) is 13.6 Å². The summed E-state index contributed by atoms with van der Waals surface area (Å²) in [5.74, 6) is 0.119. The van der Waals surface area contributed by atoms with Crippen molar-refractivity contribution in [2.45, 2.75) is 18.9 Å². The van der Waals surface area contributed by atoms with Gasteiger partial charge in [-0.05, 0) is 6.42 Å². The summed E-state index contributed by atoms with van der Waals surface area (Å²) in [5, 5.41) is 2.76. The van der Waals surface area contributed by atoms with E-state index in [4.69, 9.17) is 0 Å². The Hall–Kier alpha value is -0.930. The summed E-state index contributed by atoms with van der Waals surface area (Å²) in [6.07, 6.45) is 1.34. The maximum atomic E-state index is 10.8. The number of rotatable bonds is 2. The Labute approximate surface area is 59.2 Å². The topological polar surface area (TPSA) is 49.7 Å². The van der Waals surface area contributed by atoms with Gasteiger partial charge in [0.15, 0.2) is 0 Å². The van der Waals surface area contributed by atoms with Gasteiger partial charge in [0.2, 0.25) is 5.91 Å². The van der Waals surface area contributed by atoms with Gasteiger partial charge in [0, 0.05) is 13.5 Å². The summed E-state index contributed by atoms with van der Waals surface area (Å²) in [7, 11) is 1.71. The van der Waals surface area contributed by atoms with E-state index >= 15 is 0 Å². The average molecular weight is 142 g/mol. The van der Waals surface area contributed by atoms with E-state index in [2.05, 4.69) is 5.18 Å². The zero-order valence-electron chi connectivity index (χ0n) is 5.91. The number of nitrogens with zero attached hydrogens (tertiary/aromatic N) is 2. The van der Waals surface area contributed by atoms with Crippen LogP contribution in [-0.4, -0.2) is 30.4 Å². The second-order valence-corrected chi connectivity index (χ2v) is 2.51. The van der Waals surface area contributed by atoms with Gasteiger partial charge in [-0.15, -0.1) is 0 Å². The number of amides is 1. The molecule has 0 spiro atoms. The van der Waals surface area contributed by atoms with E-state index in [0.717, 1.165) is 6.42 Å². The molecule has 4 nitrogen and oxygen atoms in total. The van der Waals surface area contributed by atoms with Crippen LogP contribution in [0.2, 0.25) is 0 Å². The SMILES string of the molecule is CN1C(=O)CCC1CN=O. The van der Waals surface area contributed by atoms with Crippen LogP contribution < -0.4 is 0 Å². The third kappa shape index (κ3) is 1.15. The number of likely N-dealkylation sites (N-methyl/N-ethyl adjacent to an activating group) is 1. The molecule has 0 bridgehead atoms. The van der Waals surface area contributed by atoms with Gasteiger partial charge in [-0.25, -0.2) is 0 Å². The first kappa shape index (κ1) is 7.18. The Balaban J connectivity index is 2.48. The summed E-state index contributed by atoms with van der Waals surface area (Å²) in [5.41, 5.74) is 0. The fourth-order valence-electron chi connectivity index (χ4n) is 1.16. The highest BCUT2D eigenvalue weighted by atomic mass is 16.3. The molecule has 0 aliphatic carbocycles. The predicted octanol–water partition coefficient (Wildman–Crippen LogP) is 0.374. The third-order valence-electron chi connectivity index (χ3n) is 1.92. The summed E-state index contributed by atoms with van der Waals surface area (Å²) in [6, 6.07) is 0.0602. The Kier molecular flexibility index (Phi) is 1.99. The van der Waals surface area contributed by atoms with E-state index in [0.29, 0.717) is 6.42 Å². The second kappa shape index (κ2) is 2.77. The van der Waals surface area contributed by atoms with Crippen molar-refractivity contribution in [2.24, 2.45) is 5.18 Å². The van der Waals surface area contributed by atoms with E-state index in [-0.39, 0.29) is 18.5 Å². The maximum Gasteiger partial charge on any atom is 0.222 e. The highest BCUT2D eigenvalue weighted by molar-refractivity contribution is 5.78. The van der Waals surface area contributed by atoms with Crippen LogP contribution in [0.4, 0.5) is 0 Å². The maximum absolute atomic E-state index is 10.8. The number of carbonyl (C=O) groups is 1. The monoisotopic (exact) mass is 142 g/mol. The number of hydrogen-bond donors (Lipinski definition) is 0. The Morgan fingerprint density at radius 2 is 2.50 bits per heavy atom. The van der Waals surface area contributed by atoms with Crippen molar-refractivity contribution >= 4 is 5.91 Å². The smallest absolute Gasteiger partial charge is 0.222 e. The van der Waals surface area contributed by atoms with Gasteiger partial charge in [-0.2, -0.15) is 4.91 Å². The molecular weight excluding hydrogens is 132 g/mol. The molecule has 1 unspecified atom stereocenters. The van der Waals surface area contributed by atoms with E-state index in [9.17, 15) is 9.70 Å². The van der Waals surface area contributed by atoms with Gasteiger partial charge in [0.25, 0.3) is 0 Å². The van der Waals surface area contributed by atoms with Crippen molar-refractivity contribution in [3.8, 4) is 0 Å². The average Bonchev–Trinajstić information content (AvgIpc) is 2.20. The molecule has 0 aromatic rings. The molecule has 1 aliphatic rings. The zero-order valence-corrected chi connectivity index (χ0v) is 5.91. The number of carbonyl (C=O) groups excluding carboxylic acids is 1. The molecule has 1 atom stereocenters. The van der Waals surface area contributed by atoms with Crippen molar-refractivity contribution in [3.05, 3.63) is 4.91 Å². The van der Waals surface area contributed by atoms with Crippen LogP contribution in [-0.2, 0) is 4.79 Å². The minimum absolute atomic E-state index is 0.0602. The highest BCUT2D eigenvalue weighted by Gasteiger charge is 2.27. The minimum Gasteiger partial charge on any atom is -0.341 e. The largest absolute Gasteiger partial charge is 0.341 e. The molecule has 4 heteroatoms. The number of hydrogen-bond acceptors (Lipinski definition) is 3. The first-order chi connectivity index (χ1) is 4.75. The standard InChI is InChI=1S/C6H10N2O2/c1-8-5(4-7-10)2-3-6(8)9/h5H,2-4H2,1H3. The summed E-state index contributed by atoms with van der Waals surface area (Å²) in [6.45, 7) is 0.238. The molecule has 0 saturated carbocycles. The van der Waals surface area contributed by atoms with Crippen LogP contribution in [0.15, 0.2) is 5.18 Å². The van der Waals surface area contributed by atoms with Gasteiger partial charge in [-0.1, -0.05) is 5.18 Å². The van der Waals surface area contributed by atoms with Crippen molar-refractivity contribution in [3.63, 3.8) is 0 Å². The van der Waals surface area contributed by atoms with Crippen LogP contribution in [0.5, 0.6) is 0 Å². The minimum atomic E-state index is 0.0602. The van der Waals surface area contributed by atoms with Crippen LogP contribution in [0, 0.1) is 4.91 Å². The van der Waals surface area contributed by atoms with Crippen LogP contribution in [0.3, 0.4) is 0 Å². The van der Waals surface area contributed by atoms with Crippen molar-refractivity contribution in [1.82, 2.24) is 4.90 Å². The van der Waals surface area contributed by atoms with Crippen LogP contribution >= 0.6 is 0 Å². The van der Waals surface area contributed by atoms with Gasteiger partial charge in [-0.3, -0.25) is 4.79 Å². The molecule has 1 fully saturated rings. The summed E-state index contributed by atoms with van der Waals surface area (Å²) >= 11 is 0. The molecule has 1 amide bonds. The number of likely N-dealkylation sites (tertiary alicyclic amines) is 1.